The lowest BCUT2D eigenvalue weighted by atomic mass is 10.2. The highest BCUT2D eigenvalue weighted by Crippen LogP contribution is 2.18. The molecule has 0 fully saturated rings. The molecule has 0 bridgehead atoms. The summed E-state index contributed by atoms with van der Waals surface area (Å²) in [6.07, 6.45) is 0. The van der Waals surface area contributed by atoms with Crippen molar-refractivity contribution in [1.82, 2.24) is 0 Å². The molecule has 0 amide bonds. The number of benzene rings is 1. The summed E-state index contributed by atoms with van der Waals surface area (Å²) >= 11 is 0. The molecule has 0 spiro atoms. The Morgan fingerprint density at radius 2 is 2.18 bits per heavy atom. The van der Waals surface area contributed by atoms with Crippen molar-refractivity contribution < 1.29 is 13.9 Å². The normalized spacial score (nSPS) is 9.59. The third-order valence-electron chi connectivity index (χ3n) is 1.96. The molecule has 92 valence electrons. The van der Waals surface area contributed by atoms with E-state index in [2.05, 4.69) is 11.8 Å². The lowest BCUT2D eigenvalue weighted by Crippen LogP contribution is -2.07. The molecule has 4 heteroatoms. The van der Waals surface area contributed by atoms with E-state index in [1.165, 1.54) is 12.1 Å². The van der Waals surface area contributed by atoms with Gasteiger partial charge in [0.1, 0.15) is 18.2 Å². The van der Waals surface area contributed by atoms with Gasteiger partial charge in [-0.1, -0.05) is 11.8 Å². The van der Waals surface area contributed by atoms with Crippen LogP contribution in [0.2, 0.25) is 0 Å². The van der Waals surface area contributed by atoms with E-state index in [9.17, 15) is 4.39 Å². The Labute approximate surface area is 101 Å². The quantitative estimate of drug-likeness (QED) is 0.624. The predicted octanol–water partition coefficient (Wildman–Crippen LogP) is 1.55. The van der Waals surface area contributed by atoms with Crippen molar-refractivity contribution in [1.29, 1.82) is 0 Å². The molecule has 0 heterocycles. The molecular weight excluding hydrogens is 221 g/mol. The van der Waals surface area contributed by atoms with Crippen LogP contribution in [0.3, 0.4) is 0 Å². The van der Waals surface area contributed by atoms with E-state index in [4.69, 9.17) is 15.2 Å². The van der Waals surface area contributed by atoms with Gasteiger partial charge in [0.25, 0.3) is 0 Å². The average molecular weight is 237 g/mol. The molecule has 1 aromatic rings. The maximum absolute atomic E-state index is 13.1. The predicted molar refractivity (Wildman–Crippen MR) is 64.3 cm³/mol. The fourth-order valence-corrected chi connectivity index (χ4v) is 1.22. The largest absolute Gasteiger partial charge is 0.490 e. The topological polar surface area (TPSA) is 44.5 Å². The molecule has 0 aliphatic heterocycles. The van der Waals surface area contributed by atoms with Crippen LogP contribution < -0.4 is 10.5 Å². The van der Waals surface area contributed by atoms with E-state index in [1.54, 1.807) is 6.07 Å². The van der Waals surface area contributed by atoms with Crippen LogP contribution in [0.1, 0.15) is 12.5 Å². The lowest BCUT2D eigenvalue weighted by Gasteiger charge is -2.08. The second kappa shape index (κ2) is 7.66. The molecule has 0 aromatic heterocycles. The van der Waals surface area contributed by atoms with Gasteiger partial charge in [-0.25, -0.2) is 4.39 Å². The number of halogens is 1. The summed E-state index contributed by atoms with van der Waals surface area (Å²) in [5.74, 6) is 5.61. The lowest BCUT2D eigenvalue weighted by molar-refractivity contribution is 0.110. The van der Waals surface area contributed by atoms with Crippen molar-refractivity contribution in [2.24, 2.45) is 5.73 Å². The van der Waals surface area contributed by atoms with Gasteiger partial charge in [0.2, 0.25) is 0 Å². The Bertz CT molecular complexity index is 410. The fraction of sp³-hybridized carbons (Fsp3) is 0.385. The molecule has 1 rings (SSSR count). The molecule has 0 aliphatic rings. The summed E-state index contributed by atoms with van der Waals surface area (Å²) in [5.41, 5.74) is 5.92. The Kier molecular flexibility index (Phi) is 6.08. The molecule has 0 saturated heterocycles. The maximum Gasteiger partial charge on any atom is 0.137 e. The molecule has 0 aliphatic carbocycles. The van der Waals surface area contributed by atoms with Crippen LogP contribution >= 0.6 is 0 Å². The van der Waals surface area contributed by atoms with E-state index in [0.717, 1.165) is 0 Å². The van der Waals surface area contributed by atoms with E-state index in [1.807, 2.05) is 6.92 Å². The second-order valence-corrected chi connectivity index (χ2v) is 3.19. The number of ether oxygens (including phenoxy) is 2. The molecule has 3 nitrogen and oxygen atoms in total. The summed E-state index contributed by atoms with van der Waals surface area (Å²) < 4.78 is 23.6. The highest BCUT2D eigenvalue weighted by Gasteiger charge is 2.03. The summed E-state index contributed by atoms with van der Waals surface area (Å²) in [4.78, 5) is 0. The minimum atomic E-state index is -0.352. The van der Waals surface area contributed by atoms with Crippen molar-refractivity contribution in [3.63, 3.8) is 0 Å². The molecule has 0 radical (unpaired) electrons. The maximum atomic E-state index is 13.1. The van der Waals surface area contributed by atoms with E-state index < -0.39 is 0 Å². The molecule has 0 atom stereocenters. The van der Waals surface area contributed by atoms with Gasteiger partial charge in [-0.15, -0.1) is 0 Å². The number of hydrogen-bond acceptors (Lipinski definition) is 3. The first kappa shape index (κ1) is 13.5. The van der Waals surface area contributed by atoms with Crippen LogP contribution in [0.5, 0.6) is 5.75 Å². The van der Waals surface area contributed by atoms with E-state index in [0.29, 0.717) is 31.1 Å². The van der Waals surface area contributed by atoms with Crippen molar-refractivity contribution in [3.05, 3.63) is 29.6 Å². The van der Waals surface area contributed by atoms with Crippen LogP contribution in [0.15, 0.2) is 18.2 Å². The summed E-state index contributed by atoms with van der Waals surface area (Å²) in [6, 6.07) is 4.23. The summed E-state index contributed by atoms with van der Waals surface area (Å²) in [5, 5.41) is 0. The third kappa shape index (κ3) is 4.85. The van der Waals surface area contributed by atoms with Crippen LogP contribution in [0, 0.1) is 17.7 Å². The Balaban J connectivity index is 2.69. The van der Waals surface area contributed by atoms with Gasteiger partial charge in [-0.2, -0.15) is 0 Å². The minimum absolute atomic E-state index is 0.260. The van der Waals surface area contributed by atoms with Crippen LogP contribution in [-0.4, -0.2) is 26.4 Å². The zero-order chi connectivity index (χ0) is 12.5. The number of nitrogens with two attached hydrogens (primary N) is 1. The second-order valence-electron chi connectivity index (χ2n) is 3.19. The van der Waals surface area contributed by atoms with E-state index in [-0.39, 0.29) is 12.4 Å². The van der Waals surface area contributed by atoms with Gasteiger partial charge < -0.3 is 15.2 Å². The van der Waals surface area contributed by atoms with Crippen molar-refractivity contribution >= 4 is 0 Å². The Hall–Kier alpha value is -1.57. The molecule has 0 unspecified atom stereocenters. The molecular formula is C13H16FNO2. The highest BCUT2D eigenvalue weighted by atomic mass is 19.1. The summed E-state index contributed by atoms with van der Waals surface area (Å²) in [7, 11) is 0. The van der Waals surface area contributed by atoms with Crippen molar-refractivity contribution in [3.8, 4) is 17.6 Å². The van der Waals surface area contributed by atoms with Gasteiger partial charge >= 0.3 is 0 Å². The van der Waals surface area contributed by atoms with Crippen molar-refractivity contribution in [2.45, 2.75) is 6.92 Å². The van der Waals surface area contributed by atoms with Gasteiger partial charge in [0, 0.05) is 12.7 Å². The zero-order valence-electron chi connectivity index (χ0n) is 9.83. The van der Waals surface area contributed by atoms with Gasteiger partial charge in [0.05, 0.1) is 18.7 Å². The van der Waals surface area contributed by atoms with Crippen LogP contribution in [-0.2, 0) is 4.74 Å². The van der Waals surface area contributed by atoms with Crippen LogP contribution in [0.4, 0.5) is 4.39 Å². The number of rotatable bonds is 5. The van der Waals surface area contributed by atoms with Gasteiger partial charge in [-0.05, 0) is 19.1 Å². The van der Waals surface area contributed by atoms with Crippen molar-refractivity contribution in [2.75, 3.05) is 26.4 Å². The Morgan fingerprint density at radius 1 is 1.35 bits per heavy atom. The first-order valence-electron chi connectivity index (χ1n) is 5.47. The highest BCUT2D eigenvalue weighted by molar-refractivity contribution is 5.46. The fourth-order valence-electron chi connectivity index (χ4n) is 1.22. The standard InChI is InChI=1S/C13H16FNO2/c1-2-16-8-9-17-13-10-12(14)6-5-11(13)4-3-7-15/h5-6,10H,2,7-9,15H2,1H3. The molecule has 1 aromatic carbocycles. The average Bonchev–Trinajstić information content (AvgIpc) is 2.33. The molecule has 0 saturated carbocycles. The monoisotopic (exact) mass is 237 g/mol. The van der Waals surface area contributed by atoms with Gasteiger partial charge in [0.15, 0.2) is 0 Å². The number of hydrogen-bond donors (Lipinski definition) is 1. The first-order valence-corrected chi connectivity index (χ1v) is 5.47. The van der Waals surface area contributed by atoms with Gasteiger partial charge in [-0.3, -0.25) is 0 Å². The SMILES string of the molecule is CCOCCOc1cc(F)ccc1C#CCN. The first-order chi connectivity index (χ1) is 8.27. The minimum Gasteiger partial charge on any atom is -0.490 e. The summed E-state index contributed by atoms with van der Waals surface area (Å²) in [6.45, 7) is 3.63. The smallest absolute Gasteiger partial charge is 0.137 e. The molecule has 2 N–H and O–H groups in total. The molecule has 17 heavy (non-hydrogen) atoms. The van der Waals surface area contributed by atoms with E-state index >= 15 is 0 Å². The Morgan fingerprint density at radius 3 is 2.88 bits per heavy atom. The third-order valence-corrected chi connectivity index (χ3v) is 1.96. The zero-order valence-corrected chi connectivity index (χ0v) is 9.83. The van der Waals surface area contributed by atoms with Crippen LogP contribution in [0.25, 0.3) is 0 Å².